The Morgan fingerprint density at radius 1 is 1.18 bits per heavy atom. The van der Waals surface area contributed by atoms with Gasteiger partial charge >= 0.3 is 0 Å². The van der Waals surface area contributed by atoms with E-state index in [9.17, 15) is 13.2 Å². The number of carbonyl (C=O) groups excluding carboxylic acids is 1. The third-order valence-corrected chi connectivity index (χ3v) is 4.20. The Bertz CT molecular complexity index is 579. The van der Waals surface area contributed by atoms with Gasteiger partial charge in [-0.3, -0.25) is 9.35 Å². The maximum absolute atomic E-state index is 12.0. The summed E-state index contributed by atoms with van der Waals surface area (Å²) in [6.07, 6.45) is 1.21. The number of rotatable bonds is 8. The van der Waals surface area contributed by atoms with Gasteiger partial charge in [0.1, 0.15) is 0 Å². The Balaban J connectivity index is 2.49. The molecule has 5 nitrogen and oxygen atoms in total. The van der Waals surface area contributed by atoms with E-state index in [-0.39, 0.29) is 30.5 Å². The fourth-order valence-electron chi connectivity index (χ4n) is 2.18. The summed E-state index contributed by atoms with van der Waals surface area (Å²) in [5.41, 5.74) is 2.18. The minimum absolute atomic E-state index is 0.146. The van der Waals surface area contributed by atoms with Gasteiger partial charge in [0.25, 0.3) is 10.1 Å². The van der Waals surface area contributed by atoms with Crippen molar-refractivity contribution in [2.24, 2.45) is 5.92 Å². The highest BCUT2D eigenvalue weighted by Gasteiger charge is 2.15. The Morgan fingerprint density at radius 3 is 2.27 bits per heavy atom. The summed E-state index contributed by atoms with van der Waals surface area (Å²) in [6.45, 7) is 6.37. The van der Waals surface area contributed by atoms with Crippen LogP contribution in [0.2, 0.25) is 0 Å². The fourth-order valence-corrected chi connectivity index (χ4v) is 2.69. The van der Waals surface area contributed by atoms with Crippen LogP contribution in [-0.2, 0) is 21.3 Å². The lowest BCUT2D eigenvalue weighted by atomic mass is 9.96. The Morgan fingerprint density at radius 2 is 1.77 bits per heavy atom. The van der Waals surface area contributed by atoms with Gasteiger partial charge in [-0.15, -0.1) is 0 Å². The second kappa shape index (κ2) is 8.29. The van der Waals surface area contributed by atoms with E-state index in [1.807, 2.05) is 31.2 Å². The quantitative estimate of drug-likeness (QED) is 0.567. The Hall–Kier alpha value is -1.40. The molecule has 0 heterocycles. The highest BCUT2D eigenvalue weighted by atomic mass is 32.2. The van der Waals surface area contributed by atoms with E-state index in [1.165, 1.54) is 5.56 Å². The largest absolute Gasteiger partial charge is 0.356 e. The van der Waals surface area contributed by atoms with Gasteiger partial charge in [0.15, 0.2) is 0 Å². The van der Waals surface area contributed by atoms with Gasteiger partial charge in [0, 0.05) is 6.54 Å². The van der Waals surface area contributed by atoms with Crippen molar-refractivity contribution in [1.82, 2.24) is 5.32 Å². The molecule has 1 unspecified atom stereocenters. The summed E-state index contributed by atoms with van der Waals surface area (Å²) in [7, 11) is -3.96. The van der Waals surface area contributed by atoms with E-state index < -0.39 is 10.1 Å². The summed E-state index contributed by atoms with van der Waals surface area (Å²) < 4.78 is 29.8. The van der Waals surface area contributed by atoms with Crippen LogP contribution in [0.5, 0.6) is 0 Å². The SMILES string of the molecule is CC(C)Cc1ccc(C(C)C(=O)NCCCS(=O)(=O)O)cc1. The summed E-state index contributed by atoms with van der Waals surface area (Å²) in [4.78, 5) is 12.0. The van der Waals surface area contributed by atoms with Crippen LogP contribution < -0.4 is 5.32 Å². The molecule has 0 radical (unpaired) electrons. The van der Waals surface area contributed by atoms with Gasteiger partial charge in [-0.25, -0.2) is 0 Å². The maximum Gasteiger partial charge on any atom is 0.264 e. The van der Waals surface area contributed by atoms with Crippen molar-refractivity contribution < 1.29 is 17.8 Å². The molecular formula is C16H25NO4S. The molecule has 0 aliphatic rings. The van der Waals surface area contributed by atoms with E-state index in [2.05, 4.69) is 19.2 Å². The predicted molar refractivity (Wildman–Crippen MR) is 87.4 cm³/mol. The van der Waals surface area contributed by atoms with Crippen LogP contribution in [0.15, 0.2) is 24.3 Å². The summed E-state index contributed by atoms with van der Waals surface area (Å²) >= 11 is 0. The second-order valence-corrected chi connectivity index (χ2v) is 7.56. The van der Waals surface area contributed by atoms with Crippen LogP contribution in [-0.4, -0.2) is 31.2 Å². The second-order valence-electron chi connectivity index (χ2n) is 5.99. The zero-order valence-electron chi connectivity index (χ0n) is 13.4. The first kappa shape index (κ1) is 18.6. The first-order valence-corrected chi connectivity index (χ1v) is 9.11. The zero-order chi connectivity index (χ0) is 16.8. The average Bonchev–Trinajstić information content (AvgIpc) is 2.41. The van der Waals surface area contributed by atoms with Crippen molar-refractivity contribution in [2.45, 2.75) is 39.5 Å². The summed E-state index contributed by atoms with van der Waals surface area (Å²) in [6, 6.07) is 8.00. The first-order chi connectivity index (χ1) is 10.2. The number of nitrogens with one attached hydrogen (secondary N) is 1. The molecule has 0 spiro atoms. The van der Waals surface area contributed by atoms with Crippen LogP contribution in [0.25, 0.3) is 0 Å². The minimum Gasteiger partial charge on any atom is -0.356 e. The van der Waals surface area contributed by atoms with Crippen molar-refractivity contribution in [3.05, 3.63) is 35.4 Å². The molecule has 0 aliphatic heterocycles. The normalized spacial score (nSPS) is 13.1. The Kier molecular flexibility index (Phi) is 7.03. The van der Waals surface area contributed by atoms with E-state index in [0.717, 1.165) is 12.0 Å². The highest BCUT2D eigenvalue weighted by Crippen LogP contribution is 2.17. The zero-order valence-corrected chi connectivity index (χ0v) is 14.2. The summed E-state index contributed by atoms with van der Waals surface area (Å²) in [5, 5.41) is 2.69. The monoisotopic (exact) mass is 327 g/mol. The molecule has 1 rings (SSSR count). The van der Waals surface area contributed by atoms with Gasteiger partial charge in [0.05, 0.1) is 11.7 Å². The van der Waals surface area contributed by atoms with Crippen LogP contribution in [0.1, 0.15) is 44.2 Å². The van der Waals surface area contributed by atoms with E-state index >= 15 is 0 Å². The maximum atomic E-state index is 12.0. The molecule has 2 N–H and O–H groups in total. The number of carbonyl (C=O) groups is 1. The molecule has 0 saturated heterocycles. The number of hydrogen-bond acceptors (Lipinski definition) is 3. The van der Waals surface area contributed by atoms with E-state index in [4.69, 9.17) is 4.55 Å². The van der Waals surface area contributed by atoms with Crippen molar-refractivity contribution in [3.63, 3.8) is 0 Å². The first-order valence-electron chi connectivity index (χ1n) is 7.50. The van der Waals surface area contributed by atoms with Crippen LogP contribution in [0, 0.1) is 5.92 Å². The van der Waals surface area contributed by atoms with Crippen LogP contribution >= 0.6 is 0 Å². The molecule has 0 fully saturated rings. The molecular weight excluding hydrogens is 302 g/mol. The third kappa shape index (κ3) is 7.04. The van der Waals surface area contributed by atoms with Crippen molar-refractivity contribution in [3.8, 4) is 0 Å². The van der Waals surface area contributed by atoms with E-state index in [1.54, 1.807) is 0 Å². The van der Waals surface area contributed by atoms with Gasteiger partial charge in [-0.1, -0.05) is 38.1 Å². The molecule has 0 bridgehead atoms. The smallest absolute Gasteiger partial charge is 0.264 e. The fraction of sp³-hybridized carbons (Fsp3) is 0.562. The van der Waals surface area contributed by atoms with Crippen molar-refractivity contribution in [2.75, 3.05) is 12.3 Å². The summed E-state index contributed by atoms with van der Waals surface area (Å²) in [5.74, 6) is -0.189. The molecule has 124 valence electrons. The van der Waals surface area contributed by atoms with Gasteiger partial charge in [0.2, 0.25) is 5.91 Å². The lowest BCUT2D eigenvalue weighted by Gasteiger charge is -2.13. The van der Waals surface area contributed by atoms with Gasteiger partial charge in [-0.2, -0.15) is 8.42 Å². The van der Waals surface area contributed by atoms with Crippen molar-refractivity contribution in [1.29, 1.82) is 0 Å². The molecule has 6 heteroatoms. The molecule has 1 aromatic rings. The average molecular weight is 327 g/mol. The van der Waals surface area contributed by atoms with Gasteiger partial charge < -0.3 is 5.32 Å². The highest BCUT2D eigenvalue weighted by molar-refractivity contribution is 7.85. The minimum atomic E-state index is -3.96. The predicted octanol–water partition coefficient (Wildman–Crippen LogP) is 2.38. The third-order valence-electron chi connectivity index (χ3n) is 3.40. The molecule has 0 aliphatic carbocycles. The number of amides is 1. The molecule has 22 heavy (non-hydrogen) atoms. The van der Waals surface area contributed by atoms with Crippen LogP contribution in [0.3, 0.4) is 0 Å². The lowest BCUT2D eigenvalue weighted by molar-refractivity contribution is -0.122. The number of hydrogen-bond donors (Lipinski definition) is 2. The lowest BCUT2D eigenvalue weighted by Crippen LogP contribution is -2.29. The molecule has 0 saturated carbocycles. The standard InChI is InChI=1S/C16H25NO4S/c1-12(2)11-14-5-7-15(8-6-14)13(3)16(18)17-9-4-10-22(19,20)21/h5-8,12-13H,4,9-11H2,1-3H3,(H,17,18)(H,19,20,21). The van der Waals surface area contributed by atoms with Crippen LogP contribution in [0.4, 0.5) is 0 Å². The Labute approximate surface area is 132 Å². The number of benzene rings is 1. The molecule has 1 amide bonds. The van der Waals surface area contributed by atoms with Crippen molar-refractivity contribution >= 4 is 16.0 Å². The van der Waals surface area contributed by atoms with E-state index in [0.29, 0.717) is 5.92 Å². The molecule has 1 aromatic carbocycles. The molecule has 0 aromatic heterocycles. The van der Waals surface area contributed by atoms with Gasteiger partial charge in [-0.05, 0) is 36.8 Å². The molecule has 1 atom stereocenters. The topological polar surface area (TPSA) is 83.5 Å².